The van der Waals surface area contributed by atoms with Crippen molar-refractivity contribution in [2.75, 3.05) is 13.2 Å². The van der Waals surface area contributed by atoms with Crippen molar-refractivity contribution in [1.29, 1.82) is 0 Å². The van der Waals surface area contributed by atoms with Crippen LogP contribution in [0.25, 0.3) is 0 Å². The number of unbranched alkanes of at least 4 members (excludes halogenated alkanes) is 22. The fourth-order valence-electron chi connectivity index (χ4n) is 6.41. The lowest BCUT2D eigenvalue weighted by Gasteiger charge is -2.18. The van der Waals surface area contributed by atoms with Gasteiger partial charge in [-0.25, -0.2) is 0 Å². The standard InChI is InChI=1S/C53H88O6/c1-4-7-10-13-16-19-22-24-25-26-27-29-31-34-37-40-43-46-52(55)58-49-50(48-57-51(54)45-42-39-36-33-30-21-18-15-12-9-6-3)59-53(56)47-44-41-38-35-32-28-23-20-17-14-11-8-5-2/h7,10,13,16,19,22,24-29,31-32,50H,4-6,8-9,11-12,14-15,17-18,20-21,23,30,33-49H2,1-3H3/b10-7-,16-13-,22-19-,25-24-,27-26+,31-29-,32-28-. The average Bonchev–Trinajstić information content (AvgIpc) is 3.23. The lowest BCUT2D eigenvalue weighted by molar-refractivity contribution is -0.167. The van der Waals surface area contributed by atoms with Gasteiger partial charge in [0.15, 0.2) is 6.10 Å². The summed E-state index contributed by atoms with van der Waals surface area (Å²) in [6.07, 6.45) is 59.9. The highest BCUT2D eigenvalue weighted by atomic mass is 16.6. The molecule has 0 aliphatic rings. The Balaban J connectivity index is 4.50. The van der Waals surface area contributed by atoms with Gasteiger partial charge in [-0.15, -0.1) is 0 Å². The molecule has 0 spiro atoms. The Labute approximate surface area is 363 Å². The van der Waals surface area contributed by atoms with E-state index >= 15 is 0 Å². The van der Waals surface area contributed by atoms with E-state index in [1.165, 1.54) is 89.9 Å². The maximum Gasteiger partial charge on any atom is 0.306 e. The minimum absolute atomic E-state index is 0.0964. The van der Waals surface area contributed by atoms with Gasteiger partial charge < -0.3 is 14.2 Å². The van der Waals surface area contributed by atoms with Crippen molar-refractivity contribution in [2.24, 2.45) is 0 Å². The van der Waals surface area contributed by atoms with E-state index in [2.05, 4.69) is 45.1 Å². The summed E-state index contributed by atoms with van der Waals surface area (Å²) in [6, 6.07) is 0. The highest BCUT2D eigenvalue weighted by Crippen LogP contribution is 2.14. The predicted molar refractivity (Wildman–Crippen MR) is 251 cm³/mol. The van der Waals surface area contributed by atoms with Crippen LogP contribution in [-0.2, 0) is 28.6 Å². The summed E-state index contributed by atoms with van der Waals surface area (Å²) in [5, 5.41) is 0. The van der Waals surface area contributed by atoms with Crippen LogP contribution in [-0.4, -0.2) is 37.2 Å². The number of esters is 3. The van der Waals surface area contributed by atoms with Gasteiger partial charge in [-0.05, 0) is 64.2 Å². The SMILES string of the molecule is CC\C=C/C=C\C=C/C=C\C=C\C=C/CCCCCC(=O)OCC(COC(=O)CCCCCCCCCCCCC)OC(=O)CCCCC/C=C\CCCCCCCC. The summed E-state index contributed by atoms with van der Waals surface area (Å²) in [5.41, 5.74) is 0. The lowest BCUT2D eigenvalue weighted by atomic mass is 10.1. The molecule has 0 aromatic rings. The summed E-state index contributed by atoms with van der Waals surface area (Å²) in [6.45, 7) is 6.41. The van der Waals surface area contributed by atoms with Crippen molar-refractivity contribution in [3.8, 4) is 0 Å². The zero-order valence-electron chi connectivity index (χ0n) is 38.2. The molecule has 0 aromatic heterocycles. The molecule has 1 atom stereocenters. The molecule has 0 fully saturated rings. The molecule has 0 rings (SSSR count). The summed E-state index contributed by atoms with van der Waals surface area (Å²) in [5.74, 6) is -0.962. The minimum atomic E-state index is -0.800. The van der Waals surface area contributed by atoms with E-state index in [-0.39, 0.29) is 31.1 Å². The number of hydrogen-bond acceptors (Lipinski definition) is 6. The Hall–Kier alpha value is -3.41. The van der Waals surface area contributed by atoms with Gasteiger partial charge in [0.2, 0.25) is 0 Å². The molecule has 6 nitrogen and oxygen atoms in total. The second-order valence-corrected chi connectivity index (χ2v) is 15.8. The zero-order valence-corrected chi connectivity index (χ0v) is 38.2. The second kappa shape index (κ2) is 47.3. The van der Waals surface area contributed by atoms with Crippen LogP contribution in [0.4, 0.5) is 0 Å². The number of carbonyl (C=O) groups excluding carboxylic acids is 3. The molecule has 0 amide bonds. The van der Waals surface area contributed by atoms with E-state index in [4.69, 9.17) is 14.2 Å². The molecule has 1 unspecified atom stereocenters. The van der Waals surface area contributed by atoms with Gasteiger partial charge in [0, 0.05) is 19.3 Å². The fraction of sp³-hybridized carbons (Fsp3) is 0.679. The average molecular weight is 821 g/mol. The third-order valence-electron chi connectivity index (χ3n) is 10.0. The van der Waals surface area contributed by atoms with Crippen LogP contribution in [0.15, 0.2) is 85.1 Å². The third kappa shape index (κ3) is 45.5. The maximum atomic E-state index is 12.7. The van der Waals surface area contributed by atoms with Crippen molar-refractivity contribution in [3.05, 3.63) is 85.1 Å². The Kier molecular flexibility index (Phi) is 44.5. The smallest absolute Gasteiger partial charge is 0.306 e. The first-order valence-electron chi connectivity index (χ1n) is 24.2. The molecular formula is C53H88O6. The Bertz CT molecular complexity index is 1170. The normalized spacial score (nSPS) is 12.8. The van der Waals surface area contributed by atoms with Gasteiger partial charge >= 0.3 is 17.9 Å². The number of carbonyl (C=O) groups is 3. The predicted octanol–water partition coefficient (Wildman–Crippen LogP) is 15.6. The molecule has 336 valence electrons. The highest BCUT2D eigenvalue weighted by molar-refractivity contribution is 5.71. The first-order valence-corrected chi connectivity index (χ1v) is 24.2. The van der Waals surface area contributed by atoms with Crippen molar-refractivity contribution in [1.82, 2.24) is 0 Å². The van der Waals surface area contributed by atoms with E-state index in [1.807, 2.05) is 60.8 Å². The summed E-state index contributed by atoms with van der Waals surface area (Å²) in [7, 11) is 0. The first kappa shape index (κ1) is 55.6. The Morgan fingerprint density at radius 3 is 1.10 bits per heavy atom. The second-order valence-electron chi connectivity index (χ2n) is 15.8. The molecule has 0 saturated carbocycles. The number of hydrogen-bond donors (Lipinski definition) is 0. The molecule has 0 aliphatic heterocycles. The van der Waals surface area contributed by atoms with Crippen LogP contribution in [0.5, 0.6) is 0 Å². The van der Waals surface area contributed by atoms with Crippen LogP contribution < -0.4 is 0 Å². The quantitative estimate of drug-likeness (QED) is 0.0201. The van der Waals surface area contributed by atoms with Crippen molar-refractivity contribution >= 4 is 17.9 Å². The van der Waals surface area contributed by atoms with E-state index in [1.54, 1.807) is 0 Å². The van der Waals surface area contributed by atoms with Gasteiger partial charge in [-0.2, -0.15) is 0 Å². The molecule has 0 aliphatic carbocycles. The van der Waals surface area contributed by atoms with E-state index < -0.39 is 6.10 Å². The fourth-order valence-corrected chi connectivity index (χ4v) is 6.41. The van der Waals surface area contributed by atoms with Crippen LogP contribution in [0.3, 0.4) is 0 Å². The number of ether oxygens (including phenoxy) is 3. The molecule has 0 saturated heterocycles. The van der Waals surface area contributed by atoms with Gasteiger partial charge in [0.1, 0.15) is 13.2 Å². The highest BCUT2D eigenvalue weighted by Gasteiger charge is 2.19. The van der Waals surface area contributed by atoms with Crippen LogP contribution >= 0.6 is 0 Å². The van der Waals surface area contributed by atoms with E-state index in [9.17, 15) is 14.4 Å². The lowest BCUT2D eigenvalue weighted by Crippen LogP contribution is -2.30. The van der Waals surface area contributed by atoms with Gasteiger partial charge in [0.25, 0.3) is 0 Å². The summed E-state index contributed by atoms with van der Waals surface area (Å²) in [4.78, 5) is 37.8. The van der Waals surface area contributed by atoms with Crippen LogP contribution in [0.2, 0.25) is 0 Å². The molecule has 0 bridgehead atoms. The molecule has 0 radical (unpaired) electrons. The minimum Gasteiger partial charge on any atom is -0.462 e. The molecule has 0 aromatic carbocycles. The van der Waals surface area contributed by atoms with Gasteiger partial charge in [0.05, 0.1) is 0 Å². The molecular weight excluding hydrogens is 733 g/mol. The topological polar surface area (TPSA) is 78.9 Å². The summed E-state index contributed by atoms with van der Waals surface area (Å²) < 4.78 is 16.7. The van der Waals surface area contributed by atoms with Crippen molar-refractivity contribution < 1.29 is 28.6 Å². The molecule has 6 heteroatoms. The zero-order chi connectivity index (χ0) is 43.0. The van der Waals surface area contributed by atoms with Crippen molar-refractivity contribution in [2.45, 2.75) is 219 Å². The third-order valence-corrected chi connectivity index (χ3v) is 10.0. The molecule has 0 heterocycles. The first-order chi connectivity index (χ1) is 29.0. The monoisotopic (exact) mass is 821 g/mol. The van der Waals surface area contributed by atoms with Crippen LogP contribution in [0.1, 0.15) is 213 Å². The summed E-state index contributed by atoms with van der Waals surface area (Å²) >= 11 is 0. The van der Waals surface area contributed by atoms with Gasteiger partial charge in [-0.3, -0.25) is 14.4 Å². The van der Waals surface area contributed by atoms with Gasteiger partial charge in [-0.1, -0.05) is 215 Å². The molecule has 59 heavy (non-hydrogen) atoms. The van der Waals surface area contributed by atoms with E-state index in [0.29, 0.717) is 19.3 Å². The van der Waals surface area contributed by atoms with Crippen molar-refractivity contribution in [3.63, 3.8) is 0 Å². The number of allylic oxidation sites excluding steroid dienone is 14. The Morgan fingerprint density at radius 1 is 0.356 bits per heavy atom. The van der Waals surface area contributed by atoms with E-state index in [0.717, 1.165) is 83.5 Å². The number of rotatable bonds is 42. The largest absolute Gasteiger partial charge is 0.462 e. The maximum absolute atomic E-state index is 12.7. The Morgan fingerprint density at radius 2 is 0.678 bits per heavy atom. The molecule has 0 N–H and O–H groups in total. The van der Waals surface area contributed by atoms with Crippen LogP contribution in [0, 0.1) is 0 Å².